The van der Waals surface area contributed by atoms with E-state index in [4.69, 9.17) is 4.84 Å². The molecule has 0 fully saturated rings. The van der Waals surface area contributed by atoms with E-state index in [1.165, 1.54) is 0 Å². The van der Waals surface area contributed by atoms with E-state index in [0.717, 1.165) is 22.4 Å². The van der Waals surface area contributed by atoms with Crippen molar-refractivity contribution in [2.45, 2.75) is 58.5 Å². The lowest BCUT2D eigenvalue weighted by Gasteiger charge is -2.28. The summed E-state index contributed by atoms with van der Waals surface area (Å²) in [4.78, 5) is 5.30. The molecule has 22 heavy (non-hydrogen) atoms. The van der Waals surface area contributed by atoms with Crippen LogP contribution in [0, 0.1) is 0 Å². The van der Waals surface area contributed by atoms with Crippen LogP contribution in [-0.4, -0.2) is 22.9 Å². The second kappa shape index (κ2) is 5.60. The van der Waals surface area contributed by atoms with Gasteiger partial charge in [-0.25, -0.2) is 0 Å². The van der Waals surface area contributed by atoms with Gasteiger partial charge in [-0.2, -0.15) is 0 Å². The zero-order valence-corrected chi connectivity index (χ0v) is 14.3. The Hall–Kier alpha value is -1.52. The van der Waals surface area contributed by atoms with Gasteiger partial charge in [0.1, 0.15) is 11.9 Å². The van der Waals surface area contributed by atoms with Gasteiger partial charge in [0.15, 0.2) is 0 Å². The summed E-state index contributed by atoms with van der Waals surface area (Å²) in [6.45, 7) is 12.4. The van der Waals surface area contributed by atoms with Gasteiger partial charge in [-0.15, -0.1) is 0 Å². The molecule has 0 radical (unpaired) electrons. The molecule has 0 saturated carbocycles. The number of aliphatic hydroxyl groups is 1. The molecule has 1 unspecified atom stereocenters. The molecular formula is C18H27NO3. The summed E-state index contributed by atoms with van der Waals surface area (Å²) in [6, 6.07) is 3.99. The van der Waals surface area contributed by atoms with Crippen molar-refractivity contribution in [3.8, 4) is 5.75 Å². The third-order valence-electron chi connectivity index (χ3n) is 3.89. The average molecular weight is 305 g/mol. The van der Waals surface area contributed by atoms with E-state index in [0.29, 0.717) is 5.75 Å². The first-order valence-electron chi connectivity index (χ1n) is 7.66. The summed E-state index contributed by atoms with van der Waals surface area (Å²) in [5.41, 5.74) is 6.14. The molecule has 0 aliphatic carbocycles. The lowest BCUT2D eigenvalue weighted by atomic mass is 9.78. The first kappa shape index (κ1) is 16.8. The predicted octanol–water partition coefficient (Wildman–Crippen LogP) is 3.22. The highest BCUT2D eigenvalue weighted by molar-refractivity contribution is 5.69. The predicted molar refractivity (Wildman–Crippen MR) is 88.6 cm³/mol. The van der Waals surface area contributed by atoms with E-state index in [-0.39, 0.29) is 23.5 Å². The average Bonchev–Trinajstić information content (AvgIpc) is 2.85. The Morgan fingerprint density at radius 1 is 1.05 bits per heavy atom. The highest BCUT2D eigenvalue weighted by atomic mass is 16.7. The molecule has 1 aromatic carbocycles. The van der Waals surface area contributed by atoms with Crippen molar-refractivity contribution in [2.24, 2.45) is 0 Å². The SMILES string of the molecule is CC(C)(C)c1cc(C2=CC(CO)ON2)cc(C(C)(C)C)c1O. The van der Waals surface area contributed by atoms with Gasteiger partial charge in [0, 0.05) is 16.7 Å². The highest BCUT2D eigenvalue weighted by Gasteiger charge is 2.28. The fourth-order valence-electron chi connectivity index (χ4n) is 2.57. The van der Waals surface area contributed by atoms with Crippen molar-refractivity contribution in [3.63, 3.8) is 0 Å². The Kier molecular flexibility index (Phi) is 4.28. The molecular weight excluding hydrogens is 278 g/mol. The van der Waals surface area contributed by atoms with Crippen molar-refractivity contribution in [1.29, 1.82) is 0 Å². The zero-order valence-electron chi connectivity index (χ0n) is 14.3. The lowest BCUT2D eigenvalue weighted by Crippen LogP contribution is -2.19. The maximum atomic E-state index is 10.7. The zero-order chi connectivity index (χ0) is 16.7. The largest absolute Gasteiger partial charge is 0.507 e. The lowest BCUT2D eigenvalue weighted by molar-refractivity contribution is 0.0173. The van der Waals surface area contributed by atoms with Crippen LogP contribution in [0.1, 0.15) is 58.2 Å². The van der Waals surface area contributed by atoms with Gasteiger partial charge in [0.05, 0.1) is 12.3 Å². The Balaban J connectivity index is 2.62. The molecule has 1 aliphatic rings. The van der Waals surface area contributed by atoms with Crippen LogP contribution in [0.3, 0.4) is 0 Å². The van der Waals surface area contributed by atoms with E-state index in [2.05, 4.69) is 47.0 Å². The Morgan fingerprint density at radius 3 is 1.91 bits per heavy atom. The number of phenolic OH excluding ortho intramolecular Hbond substituents is 1. The summed E-state index contributed by atoms with van der Waals surface area (Å²) in [5.74, 6) is 0.363. The fraction of sp³-hybridized carbons (Fsp3) is 0.556. The maximum absolute atomic E-state index is 10.7. The number of hydroxylamine groups is 1. The number of aliphatic hydroxyl groups excluding tert-OH is 1. The fourth-order valence-corrected chi connectivity index (χ4v) is 2.57. The number of hydrogen-bond acceptors (Lipinski definition) is 4. The quantitative estimate of drug-likeness (QED) is 0.785. The van der Waals surface area contributed by atoms with Crippen molar-refractivity contribution in [3.05, 3.63) is 34.9 Å². The standard InChI is InChI=1S/C18H27NO3/c1-17(2,3)13-7-11(15-9-12(10-20)22-19-15)8-14(16(13)21)18(4,5)6/h7-9,12,19-21H,10H2,1-6H3. The summed E-state index contributed by atoms with van der Waals surface area (Å²) >= 11 is 0. The Labute approximate surface area is 132 Å². The van der Waals surface area contributed by atoms with Crippen molar-refractivity contribution < 1.29 is 15.1 Å². The normalized spacial score (nSPS) is 19.0. The molecule has 0 saturated heterocycles. The van der Waals surface area contributed by atoms with Gasteiger partial charge >= 0.3 is 0 Å². The summed E-state index contributed by atoms with van der Waals surface area (Å²) < 4.78 is 0. The first-order valence-corrected chi connectivity index (χ1v) is 7.66. The van der Waals surface area contributed by atoms with Crippen LogP contribution < -0.4 is 5.48 Å². The molecule has 0 aromatic heterocycles. The smallest absolute Gasteiger partial charge is 0.129 e. The van der Waals surface area contributed by atoms with Crippen LogP contribution in [0.4, 0.5) is 0 Å². The molecule has 1 aliphatic heterocycles. The van der Waals surface area contributed by atoms with Crippen LogP contribution in [0.2, 0.25) is 0 Å². The van der Waals surface area contributed by atoms with Gasteiger partial charge in [0.25, 0.3) is 0 Å². The van der Waals surface area contributed by atoms with Crippen LogP contribution in [0.25, 0.3) is 5.70 Å². The summed E-state index contributed by atoms with van der Waals surface area (Å²) in [7, 11) is 0. The van der Waals surface area contributed by atoms with E-state index in [1.807, 2.05) is 18.2 Å². The van der Waals surface area contributed by atoms with E-state index in [1.54, 1.807) is 0 Å². The first-order chi connectivity index (χ1) is 10.0. The van der Waals surface area contributed by atoms with Crippen LogP contribution in [0.15, 0.2) is 18.2 Å². The molecule has 2 rings (SSSR count). The van der Waals surface area contributed by atoms with Crippen LogP contribution in [0.5, 0.6) is 5.75 Å². The number of nitrogens with one attached hydrogen (secondary N) is 1. The van der Waals surface area contributed by atoms with E-state index >= 15 is 0 Å². The molecule has 0 amide bonds. The third-order valence-corrected chi connectivity index (χ3v) is 3.89. The number of phenols is 1. The van der Waals surface area contributed by atoms with Crippen molar-refractivity contribution in [1.82, 2.24) is 5.48 Å². The topological polar surface area (TPSA) is 61.7 Å². The molecule has 4 heteroatoms. The second-order valence-corrected chi connectivity index (χ2v) is 7.94. The van der Waals surface area contributed by atoms with E-state index < -0.39 is 0 Å². The van der Waals surface area contributed by atoms with Crippen molar-refractivity contribution >= 4 is 5.70 Å². The minimum Gasteiger partial charge on any atom is -0.507 e. The maximum Gasteiger partial charge on any atom is 0.129 e. The van der Waals surface area contributed by atoms with Gasteiger partial charge in [0.2, 0.25) is 0 Å². The van der Waals surface area contributed by atoms with Crippen molar-refractivity contribution in [2.75, 3.05) is 6.61 Å². The molecule has 3 N–H and O–H groups in total. The Bertz CT molecular complexity index is 556. The van der Waals surface area contributed by atoms with Gasteiger partial charge in [-0.3, -0.25) is 10.3 Å². The third kappa shape index (κ3) is 3.28. The number of benzene rings is 1. The van der Waals surface area contributed by atoms with Crippen LogP contribution >= 0.6 is 0 Å². The highest BCUT2D eigenvalue weighted by Crippen LogP contribution is 2.41. The number of rotatable bonds is 2. The van der Waals surface area contributed by atoms with Gasteiger partial charge in [-0.1, -0.05) is 41.5 Å². The molecule has 0 bridgehead atoms. The van der Waals surface area contributed by atoms with Gasteiger partial charge in [-0.05, 0) is 29.0 Å². The summed E-state index contributed by atoms with van der Waals surface area (Å²) in [6.07, 6.45) is 1.53. The van der Waals surface area contributed by atoms with Gasteiger partial charge < -0.3 is 10.2 Å². The Morgan fingerprint density at radius 2 is 1.55 bits per heavy atom. The van der Waals surface area contributed by atoms with Crippen LogP contribution in [-0.2, 0) is 15.7 Å². The second-order valence-electron chi connectivity index (χ2n) is 7.94. The monoisotopic (exact) mass is 305 g/mol. The molecule has 4 nitrogen and oxygen atoms in total. The molecule has 1 heterocycles. The number of hydrogen-bond donors (Lipinski definition) is 3. The number of aromatic hydroxyl groups is 1. The minimum atomic E-state index is -0.333. The molecule has 1 atom stereocenters. The summed E-state index contributed by atoms with van der Waals surface area (Å²) in [5, 5.41) is 19.9. The minimum absolute atomic E-state index is 0.0627. The van der Waals surface area contributed by atoms with E-state index in [9.17, 15) is 10.2 Å². The molecule has 122 valence electrons. The molecule has 0 spiro atoms. The molecule has 1 aromatic rings.